The number of carbonyl (C=O) groups excluding carboxylic acids is 1. The monoisotopic (exact) mass is 311 g/mol. The van der Waals surface area contributed by atoms with Crippen LogP contribution in [0, 0.1) is 0 Å². The fraction of sp³-hybridized carbons (Fsp3) is 0.533. The Morgan fingerprint density at radius 1 is 1.28 bits per heavy atom. The van der Waals surface area contributed by atoms with Crippen LogP contribution in [0.25, 0.3) is 0 Å². The zero-order valence-corrected chi connectivity index (χ0v) is 12.7. The predicted molar refractivity (Wildman–Crippen MR) is 80.0 cm³/mol. The highest BCUT2D eigenvalue weighted by atomic mass is 79.9. The number of nitrogens with one attached hydrogen (secondary N) is 1. The number of rotatable bonds is 7. The SMILES string of the molecule is CC(Br)CC(C)NC(=O)CCCc1ccccc1. The van der Waals surface area contributed by atoms with Gasteiger partial charge in [-0.05, 0) is 31.7 Å². The van der Waals surface area contributed by atoms with Crippen molar-refractivity contribution in [2.75, 3.05) is 0 Å². The Kier molecular flexibility index (Phi) is 7.02. The molecule has 18 heavy (non-hydrogen) atoms. The van der Waals surface area contributed by atoms with Gasteiger partial charge in [0.05, 0.1) is 0 Å². The molecule has 0 fully saturated rings. The van der Waals surface area contributed by atoms with Gasteiger partial charge in [0.25, 0.3) is 0 Å². The van der Waals surface area contributed by atoms with Crippen molar-refractivity contribution >= 4 is 21.8 Å². The standard InChI is InChI=1S/C15H22BrNO/c1-12(16)11-13(2)17-15(18)10-6-9-14-7-4-3-5-8-14/h3-5,7-8,12-13H,6,9-11H2,1-2H3,(H,17,18). The van der Waals surface area contributed by atoms with E-state index in [2.05, 4.69) is 40.3 Å². The minimum atomic E-state index is 0.159. The Bertz CT molecular complexity index is 351. The first-order valence-corrected chi connectivity index (χ1v) is 7.47. The molecule has 0 saturated heterocycles. The predicted octanol–water partition coefficient (Wildman–Crippen LogP) is 3.69. The molecule has 0 aliphatic heterocycles. The van der Waals surface area contributed by atoms with Crippen LogP contribution in [0.4, 0.5) is 0 Å². The largest absolute Gasteiger partial charge is 0.354 e. The van der Waals surface area contributed by atoms with Gasteiger partial charge in [0.1, 0.15) is 0 Å². The molecule has 0 aliphatic carbocycles. The summed E-state index contributed by atoms with van der Waals surface area (Å²) in [4.78, 5) is 12.1. The molecule has 1 N–H and O–H groups in total. The highest BCUT2D eigenvalue weighted by Gasteiger charge is 2.09. The second-order valence-corrected chi connectivity index (χ2v) is 6.39. The molecule has 0 saturated carbocycles. The molecule has 0 aliphatic rings. The van der Waals surface area contributed by atoms with Gasteiger partial charge < -0.3 is 5.32 Å². The summed E-state index contributed by atoms with van der Waals surface area (Å²) in [6, 6.07) is 10.5. The lowest BCUT2D eigenvalue weighted by atomic mass is 10.1. The molecule has 1 aromatic carbocycles. The first-order valence-electron chi connectivity index (χ1n) is 6.55. The summed E-state index contributed by atoms with van der Waals surface area (Å²) in [5.74, 6) is 0.159. The van der Waals surface area contributed by atoms with E-state index in [1.807, 2.05) is 25.1 Å². The topological polar surface area (TPSA) is 29.1 Å². The smallest absolute Gasteiger partial charge is 0.220 e. The molecule has 0 spiro atoms. The summed E-state index contributed by atoms with van der Waals surface area (Å²) < 4.78 is 0. The molecule has 2 unspecified atom stereocenters. The quantitative estimate of drug-likeness (QED) is 0.765. The summed E-state index contributed by atoms with van der Waals surface area (Å²) >= 11 is 3.50. The lowest BCUT2D eigenvalue weighted by molar-refractivity contribution is -0.121. The van der Waals surface area contributed by atoms with Gasteiger partial charge in [0, 0.05) is 17.3 Å². The summed E-state index contributed by atoms with van der Waals surface area (Å²) in [6.45, 7) is 4.14. The second-order valence-electron chi connectivity index (χ2n) is 4.82. The Morgan fingerprint density at radius 3 is 2.56 bits per heavy atom. The molecule has 0 bridgehead atoms. The van der Waals surface area contributed by atoms with Gasteiger partial charge >= 0.3 is 0 Å². The van der Waals surface area contributed by atoms with Crippen molar-refractivity contribution in [3.8, 4) is 0 Å². The number of benzene rings is 1. The van der Waals surface area contributed by atoms with Crippen molar-refractivity contribution in [3.05, 3.63) is 35.9 Å². The molecule has 0 aromatic heterocycles. The third-order valence-corrected chi connectivity index (χ3v) is 3.17. The van der Waals surface area contributed by atoms with Crippen molar-refractivity contribution in [2.24, 2.45) is 0 Å². The molecule has 0 heterocycles. The van der Waals surface area contributed by atoms with E-state index in [9.17, 15) is 4.79 Å². The van der Waals surface area contributed by atoms with E-state index in [4.69, 9.17) is 0 Å². The van der Waals surface area contributed by atoms with E-state index in [-0.39, 0.29) is 11.9 Å². The minimum Gasteiger partial charge on any atom is -0.354 e. The Balaban J connectivity index is 2.17. The molecule has 1 amide bonds. The first kappa shape index (κ1) is 15.2. The molecule has 0 radical (unpaired) electrons. The van der Waals surface area contributed by atoms with E-state index in [1.165, 1.54) is 5.56 Å². The van der Waals surface area contributed by atoms with Gasteiger partial charge in [-0.15, -0.1) is 0 Å². The van der Waals surface area contributed by atoms with E-state index in [0.29, 0.717) is 11.2 Å². The van der Waals surface area contributed by atoms with Crippen LogP contribution in [0.1, 0.15) is 38.7 Å². The van der Waals surface area contributed by atoms with E-state index >= 15 is 0 Å². The Hall–Kier alpha value is -0.830. The van der Waals surface area contributed by atoms with E-state index in [0.717, 1.165) is 19.3 Å². The normalized spacial score (nSPS) is 13.9. The van der Waals surface area contributed by atoms with Crippen LogP contribution >= 0.6 is 15.9 Å². The van der Waals surface area contributed by atoms with Gasteiger partial charge in [-0.2, -0.15) is 0 Å². The van der Waals surface area contributed by atoms with Crippen LogP contribution in [-0.2, 0) is 11.2 Å². The van der Waals surface area contributed by atoms with Crippen LogP contribution in [0.5, 0.6) is 0 Å². The number of halogens is 1. The fourth-order valence-electron chi connectivity index (χ4n) is 1.99. The number of hydrogen-bond acceptors (Lipinski definition) is 1. The third kappa shape index (κ3) is 6.80. The maximum atomic E-state index is 11.7. The molecular weight excluding hydrogens is 290 g/mol. The minimum absolute atomic E-state index is 0.159. The summed E-state index contributed by atoms with van der Waals surface area (Å²) in [5, 5.41) is 3.03. The lowest BCUT2D eigenvalue weighted by Gasteiger charge is -2.15. The van der Waals surface area contributed by atoms with Crippen LogP contribution in [-0.4, -0.2) is 16.8 Å². The molecule has 1 rings (SSSR count). The number of hydrogen-bond donors (Lipinski definition) is 1. The average Bonchev–Trinajstić information content (AvgIpc) is 2.29. The molecule has 1 aromatic rings. The van der Waals surface area contributed by atoms with Gasteiger partial charge in [0.15, 0.2) is 0 Å². The third-order valence-electron chi connectivity index (χ3n) is 2.80. The van der Waals surface area contributed by atoms with E-state index < -0.39 is 0 Å². The van der Waals surface area contributed by atoms with Crippen molar-refractivity contribution in [2.45, 2.75) is 50.4 Å². The zero-order chi connectivity index (χ0) is 13.4. The maximum absolute atomic E-state index is 11.7. The number of aryl methyl sites for hydroxylation is 1. The molecule has 2 atom stereocenters. The van der Waals surface area contributed by atoms with E-state index in [1.54, 1.807) is 0 Å². The van der Waals surface area contributed by atoms with Gasteiger partial charge in [-0.25, -0.2) is 0 Å². The van der Waals surface area contributed by atoms with Crippen molar-refractivity contribution in [1.82, 2.24) is 5.32 Å². The van der Waals surface area contributed by atoms with Crippen molar-refractivity contribution in [1.29, 1.82) is 0 Å². The van der Waals surface area contributed by atoms with Crippen LogP contribution in [0.15, 0.2) is 30.3 Å². The molecule has 3 heteroatoms. The fourth-order valence-corrected chi connectivity index (χ4v) is 2.55. The van der Waals surface area contributed by atoms with Crippen LogP contribution in [0.2, 0.25) is 0 Å². The van der Waals surface area contributed by atoms with Gasteiger partial charge in [0.2, 0.25) is 5.91 Å². The molecular formula is C15H22BrNO. The molecule has 2 nitrogen and oxygen atoms in total. The number of amides is 1. The van der Waals surface area contributed by atoms with Crippen molar-refractivity contribution in [3.63, 3.8) is 0 Å². The Labute approximate surface area is 118 Å². The van der Waals surface area contributed by atoms with Crippen LogP contribution < -0.4 is 5.32 Å². The highest BCUT2D eigenvalue weighted by Crippen LogP contribution is 2.08. The van der Waals surface area contributed by atoms with Gasteiger partial charge in [-0.3, -0.25) is 4.79 Å². The highest BCUT2D eigenvalue weighted by molar-refractivity contribution is 9.09. The zero-order valence-electron chi connectivity index (χ0n) is 11.2. The summed E-state index contributed by atoms with van der Waals surface area (Å²) in [7, 11) is 0. The number of carbonyl (C=O) groups is 1. The Morgan fingerprint density at radius 2 is 1.94 bits per heavy atom. The number of alkyl halides is 1. The summed E-state index contributed by atoms with van der Waals surface area (Å²) in [6.07, 6.45) is 3.45. The second kappa shape index (κ2) is 8.30. The van der Waals surface area contributed by atoms with Crippen LogP contribution in [0.3, 0.4) is 0 Å². The summed E-state index contributed by atoms with van der Waals surface area (Å²) in [5.41, 5.74) is 1.30. The molecule has 100 valence electrons. The van der Waals surface area contributed by atoms with Gasteiger partial charge in [-0.1, -0.05) is 53.2 Å². The first-order chi connectivity index (χ1) is 8.58. The maximum Gasteiger partial charge on any atom is 0.220 e. The lowest BCUT2D eigenvalue weighted by Crippen LogP contribution is -2.33. The average molecular weight is 312 g/mol. The van der Waals surface area contributed by atoms with Crippen molar-refractivity contribution < 1.29 is 4.79 Å².